The summed E-state index contributed by atoms with van der Waals surface area (Å²) in [4.78, 5) is 11.3. The van der Waals surface area contributed by atoms with Crippen LogP contribution in [0.5, 0.6) is 0 Å². The van der Waals surface area contributed by atoms with Crippen LogP contribution in [0.25, 0.3) is 0 Å². The minimum absolute atomic E-state index is 0.127. The molecule has 1 aromatic heterocycles. The fourth-order valence-corrected chi connectivity index (χ4v) is 3.93. The van der Waals surface area contributed by atoms with Crippen LogP contribution in [0.4, 0.5) is 10.5 Å². The summed E-state index contributed by atoms with van der Waals surface area (Å²) in [5.74, 6) is 0. The van der Waals surface area contributed by atoms with Crippen molar-refractivity contribution in [3.8, 4) is 0 Å². The minimum atomic E-state index is -3.66. The van der Waals surface area contributed by atoms with Gasteiger partial charge >= 0.3 is 6.09 Å². The van der Waals surface area contributed by atoms with Crippen LogP contribution in [0.1, 0.15) is 23.4 Å². The normalized spacial score (nSPS) is 13.5. The van der Waals surface area contributed by atoms with Crippen molar-refractivity contribution in [3.05, 3.63) is 41.2 Å². The van der Waals surface area contributed by atoms with Crippen molar-refractivity contribution in [2.45, 2.75) is 30.7 Å². The van der Waals surface area contributed by atoms with Crippen LogP contribution in [0, 0.1) is 0 Å². The molecule has 3 rings (SSSR count). The van der Waals surface area contributed by atoms with E-state index in [4.69, 9.17) is 0 Å². The third-order valence-electron chi connectivity index (χ3n) is 4.22. The Balaban J connectivity index is 1.71. The zero-order valence-electron chi connectivity index (χ0n) is 14.1. The molecule has 0 spiro atoms. The molecule has 0 aliphatic heterocycles. The Morgan fingerprint density at radius 3 is 2.68 bits per heavy atom. The third kappa shape index (κ3) is 3.67. The molecule has 0 unspecified atom stereocenters. The zero-order chi connectivity index (χ0) is 18.0. The highest BCUT2D eigenvalue weighted by Crippen LogP contribution is 2.24. The summed E-state index contributed by atoms with van der Waals surface area (Å²) in [6.45, 7) is 0.198. The molecule has 0 saturated heterocycles. The molecule has 9 heteroatoms. The van der Waals surface area contributed by atoms with E-state index in [0.717, 1.165) is 36.2 Å². The lowest BCUT2D eigenvalue weighted by molar-refractivity contribution is 0.187. The van der Waals surface area contributed by atoms with Crippen molar-refractivity contribution in [2.24, 2.45) is 7.05 Å². The number of nitrogens with one attached hydrogen (secondary N) is 2. The van der Waals surface area contributed by atoms with Gasteiger partial charge in [0, 0.05) is 12.7 Å². The van der Waals surface area contributed by atoms with E-state index in [-0.39, 0.29) is 11.4 Å². The van der Waals surface area contributed by atoms with Crippen molar-refractivity contribution in [1.29, 1.82) is 0 Å². The summed E-state index contributed by atoms with van der Waals surface area (Å²) < 4.78 is 33.8. The number of aromatic nitrogens is 2. The SMILES string of the molecule is COC(=O)Nc1ccc(S(=O)(=O)NCc2c3c(nn2C)CCC3)cc1. The van der Waals surface area contributed by atoms with Gasteiger partial charge in [-0.05, 0) is 49.1 Å². The number of carbonyl (C=O) groups is 1. The maximum atomic E-state index is 12.5. The summed E-state index contributed by atoms with van der Waals surface area (Å²) in [6, 6.07) is 5.88. The monoisotopic (exact) mass is 364 g/mol. The molecule has 0 bridgehead atoms. The number of rotatable bonds is 5. The van der Waals surface area contributed by atoms with Gasteiger partial charge < -0.3 is 4.74 Å². The number of nitrogens with zero attached hydrogens (tertiary/aromatic N) is 2. The molecule has 1 heterocycles. The lowest BCUT2D eigenvalue weighted by Crippen LogP contribution is -2.25. The average Bonchev–Trinajstić information content (AvgIpc) is 3.14. The number of aryl methyl sites for hydroxylation is 2. The Morgan fingerprint density at radius 1 is 1.28 bits per heavy atom. The van der Waals surface area contributed by atoms with Crippen LogP contribution < -0.4 is 10.0 Å². The molecule has 1 aliphatic carbocycles. The zero-order valence-corrected chi connectivity index (χ0v) is 14.9. The predicted octanol–water partition coefficient (Wildman–Crippen LogP) is 1.57. The second kappa shape index (κ2) is 6.85. The van der Waals surface area contributed by atoms with E-state index in [1.54, 1.807) is 4.68 Å². The molecule has 134 valence electrons. The molecule has 25 heavy (non-hydrogen) atoms. The van der Waals surface area contributed by atoms with Gasteiger partial charge in [0.15, 0.2) is 0 Å². The first-order valence-corrected chi connectivity index (χ1v) is 9.37. The highest BCUT2D eigenvalue weighted by atomic mass is 32.2. The number of anilines is 1. The maximum Gasteiger partial charge on any atom is 0.411 e. The highest BCUT2D eigenvalue weighted by Gasteiger charge is 2.22. The van der Waals surface area contributed by atoms with Gasteiger partial charge in [-0.3, -0.25) is 10.00 Å². The number of carbonyl (C=O) groups excluding carboxylic acids is 1. The fourth-order valence-electron chi connectivity index (χ4n) is 2.94. The second-order valence-corrected chi connectivity index (χ2v) is 7.58. The van der Waals surface area contributed by atoms with Crippen molar-refractivity contribution in [2.75, 3.05) is 12.4 Å². The standard InChI is InChI=1S/C16H20N4O4S/c1-20-15(13-4-3-5-14(13)19-20)10-17-25(22,23)12-8-6-11(7-9-12)18-16(21)24-2/h6-9,17H,3-5,10H2,1-2H3,(H,18,21). The molecular formula is C16H20N4O4S. The van der Waals surface area contributed by atoms with Gasteiger partial charge in [0.2, 0.25) is 10.0 Å². The molecule has 2 aromatic rings. The molecule has 0 radical (unpaired) electrons. The number of ether oxygens (including phenoxy) is 1. The van der Waals surface area contributed by atoms with E-state index < -0.39 is 16.1 Å². The van der Waals surface area contributed by atoms with Crippen LogP contribution in [0.3, 0.4) is 0 Å². The molecule has 0 atom stereocenters. The number of sulfonamides is 1. The number of fused-ring (bicyclic) bond motifs is 1. The highest BCUT2D eigenvalue weighted by molar-refractivity contribution is 7.89. The first-order valence-electron chi connectivity index (χ1n) is 7.89. The van der Waals surface area contributed by atoms with Crippen molar-refractivity contribution in [3.63, 3.8) is 0 Å². The summed E-state index contributed by atoms with van der Waals surface area (Å²) in [5, 5.41) is 6.91. The Morgan fingerprint density at radius 2 is 2.00 bits per heavy atom. The van der Waals surface area contributed by atoms with Crippen LogP contribution >= 0.6 is 0 Å². The summed E-state index contributed by atoms with van der Waals surface area (Å²) in [6.07, 6.45) is 2.34. The Kier molecular flexibility index (Phi) is 4.78. The van der Waals surface area contributed by atoms with E-state index in [0.29, 0.717) is 5.69 Å². The fraction of sp³-hybridized carbons (Fsp3) is 0.375. The molecule has 0 fully saturated rings. The quantitative estimate of drug-likeness (QED) is 0.838. The van der Waals surface area contributed by atoms with E-state index in [1.807, 2.05) is 7.05 Å². The lowest BCUT2D eigenvalue weighted by atomic mass is 10.2. The predicted molar refractivity (Wildman–Crippen MR) is 91.7 cm³/mol. The second-order valence-electron chi connectivity index (χ2n) is 5.81. The van der Waals surface area contributed by atoms with E-state index in [9.17, 15) is 13.2 Å². The van der Waals surface area contributed by atoms with Crippen LogP contribution in [0.15, 0.2) is 29.2 Å². The molecule has 0 saturated carbocycles. The Labute approximate surface area is 146 Å². The summed E-state index contributed by atoms with van der Waals surface area (Å²) in [7, 11) is -0.571. The summed E-state index contributed by atoms with van der Waals surface area (Å²) >= 11 is 0. The largest absolute Gasteiger partial charge is 0.453 e. The molecule has 2 N–H and O–H groups in total. The van der Waals surface area contributed by atoms with Crippen molar-refractivity contribution < 1.29 is 17.9 Å². The number of benzene rings is 1. The number of hydrogen-bond acceptors (Lipinski definition) is 5. The lowest BCUT2D eigenvalue weighted by Gasteiger charge is -2.09. The number of hydrogen-bond donors (Lipinski definition) is 2. The van der Waals surface area contributed by atoms with Crippen molar-refractivity contribution in [1.82, 2.24) is 14.5 Å². The third-order valence-corrected chi connectivity index (χ3v) is 5.64. The van der Waals surface area contributed by atoms with Crippen molar-refractivity contribution >= 4 is 21.8 Å². The van der Waals surface area contributed by atoms with E-state index in [1.165, 1.54) is 31.4 Å². The first kappa shape index (κ1) is 17.4. The Bertz CT molecular complexity index is 888. The van der Waals surface area contributed by atoms with E-state index in [2.05, 4.69) is 19.9 Å². The molecule has 1 aliphatic rings. The summed E-state index contributed by atoms with van der Waals surface area (Å²) in [5.41, 5.74) is 3.58. The topological polar surface area (TPSA) is 102 Å². The van der Waals surface area contributed by atoms with Gasteiger partial charge in [-0.2, -0.15) is 5.10 Å². The van der Waals surface area contributed by atoms with Crippen LogP contribution in [-0.4, -0.2) is 31.4 Å². The van der Waals surface area contributed by atoms with Gasteiger partial charge in [0.05, 0.1) is 29.9 Å². The average molecular weight is 364 g/mol. The van der Waals surface area contributed by atoms with Gasteiger partial charge in [-0.15, -0.1) is 0 Å². The minimum Gasteiger partial charge on any atom is -0.453 e. The van der Waals surface area contributed by atoms with Gasteiger partial charge in [-0.25, -0.2) is 17.9 Å². The van der Waals surface area contributed by atoms with Crippen LogP contribution in [0.2, 0.25) is 0 Å². The molecule has 8 nitrogen and oxygen atoms in total. The Hall–Kier alpha value is -2.39. The first-order chi connectivity index (χ1) is 11.9. The van der Waals surface area contributed by atoms with Gasteiger partial charge in [0.1, 0.15) is 0 Å². The molecular weight excluding hydrogens is 344 g/mol. The van der Waals surface area contributed by atoms with E-state index >= 15 is 0 Å². The van der Waals surface area contributed by atoms with Gasteiger partial charge in [-0.1, -0.05) is 0 Å². The molecule has 1 aromatic carbocycles. The number of methoxy groups -OCH3 is 1. The maximum absolute atomic E-state index is 12.5. The number of amides is 1. The van der Waals surface area contributed by atoms with Gasteiger partial charge in [0.25, 0.3) is 0 Å². The van der Waals surface area contributed by atoms with Crippen LogP contribution in [-0.2, 0) is 41.2 Å². The molecule has 1 amide bonds. The smallest absolute Gasteiger partial charge is 0.411 e.